The normalized spacial score (nSPS) is 8.42. The summed E-state index contributed by atoms with van der Waals surface area (Å²) < 4.78 is 21.7. The number of hydrogen-bond acceptors (Lipinski definition) is 2. The number of alkyl halides is 1. The van der Waals surface area contributed by atoms with Crippen LogP contribution in [0.4, 0.5) is 8.78 Å². The molecule has 0 radical (unpaired) electrons. The fourth-order valence-electron chi connectivity index (χ4n) is 0.635. The smallest absolute Gasteiger partial charge is 0.423 e. The fourth-order valence-corrected chi connectivity index (χ4v) is 0.635. The molecule has 0 aliphatic carbocycles. The standard InChI is InChI=1S/C6H6BFO2.CH3F/c8-6-3-1-5(2-4-6)7(9)10;1-2/h1-4,9-10H;1H3. The maximum atomic E-state index is 12.2. The fraction of sp³-hybridized carbons (Fsp3) is 0.143. The monoisotopic (exact) mass is 174 g/mol. The summed E-state index contributed by atoms with van der Waals surface area (Å²) in [6, 6.07) is 4.99. The van der Waals surface area contributed by atoms with Gasteiger partial charge < -0.3 is 10.0 Å². The molecule has 0 fully saturated rings. The zero-order valence-electron chi connectivity index (χ0n) is 6.54. The van der Waals surface area contributed by atoms with Crippen LogP contribution in [0.1, 0.15) is 0 Å². The van der Waals surface area contributed by atoms with Crippen LogP contribution in [0, 0.1) is 5.82 Å². The van der Waals surface area contributed by atoms with Crippen LogP contribution in [-0.2, 0) is 0 Å². The lowest BCUT2D eigenvalue weighted by atomic mass is 9.80. The van der Waals surface area contributed by atoms with Gasteiger partial charge in [0.25, 0.3) is 0 Å². The lowest BCUT2D eigenvalue weighted by molar-refractivity contribution is 0.425. The summed E-state index contributed by atoms with van der Waals surface area (Å²) in [6.45, 7) is 0. The van der Waals surface area contributed by atoms with Crippen LogP contribution in [-0.4, -0.2) is 24.3 Å². The van der Waals surface area contributed by atoms with Gasteiger partial charge in [-0.25, -0.2) is 4.39 Å². The molecular weight excluding hydrogens is 165 g/mol. The number of rotatable bonds is 1. The molecule has 0 amide bonds. The van der Waals surface area contributed by atoms with Gasteiger partial charge in [0.05, 0.1) is 7.18 Å². The zero-order chi connectivity index (χ0) is 9.56. The summed E-state index contributed by atoms with van der Waals surface area (Å²) >= 11 is 0. The van der Waals surface area contributed by atoms with Crippen LogP contribution in [0.3, 0.4) is 0 Å². The van der Waals surface area contributed by atoms with Crippen molar-refractivity contribution < 1.29 is 18.8 Å². The van der Waals surface area contributed by atoms with E-state index in [0.29, 0.717) is 12.6 Å². The molecule has 0 spiro atoms. The first-order chi connectivity index (χ1) is 5.70. The summed E-state index contributed by atoms with van der Waals surface area (Å²) in [7, 11) is -1.01. The van der Waals surface area contributed by atoms with Crippen molar-refractivity contribution in [1.82, 2.24) is 0 Å². The van der Waals surface area contributed by atoms with Crippen LogP contribution >= 0.6 is 0 Å². The van der Waals surface area contributed by atoms with Crippen molar-refractivity contribution in [1.29, 1.82) is 0 Å². The van der Waals surface area contributed by atoms with Gasteiger partial charge in [-0.3, -0.25) is 4.39 Å². The predicted molar refractivity (Wildman–Crippen MR) is 43.3 cm³/mol. The van der Waals surface area contributed by atoms with Gasteiger partial charge in [-0.15, -0.1) is 0 Å². The SMILES string of the molecule is CF.OB(O)c1ccc(F)cc1. The number of halogens is 2. The molecule has 1 rings (SSSR count). The summed E-state index contributed by atoms with van der Waals surface area (Å²) in [5.41, 5.74) is 0.293. The van der Waals surface area contributed by atoms with E-state index in [-0.39, 0.29) is 5.82 Å². The average molecular weight is 174 g/mol. The molecule has 1 aromatic carbocycles. The van der Waals surface area contributed by atoms with Crippen molar-refractivity contribution in [3.8, 4) is 0 Å². The van der Waals surface area contributed by atoms with Gasteiger partial charge in [-0.2, -0.15) is 0 Å². The van der Waals surface area contributed by atoms with Crippen molar-refractivity contribution in [2.24, 2.45) is 0 Å². The van der Waals surface area contributed by atoms with Gasteiger partial charge in [-0.05, 0) is 17.6 Å². The van der Waals surface area contributed by atoms with Gasteiger partial charge in [0.15, 0.2) is 0 Å². The molecule has 0 atom stereocenters. The van der Waals surface area contributed by atoms with Gasteiger partial charge in [0.1, 0.15) is 5.82 Å². The Balaban J connectivity index is 0.000000561. The Hall–Kier alpha value is -0.935. The van der Waals surface area contributed by atoms with Crippen molar-refractivity contribution in [2.45, 2.75) is 0 Å². The summed E-state index contributed by atoms with van der Waals surface area (Å²) in [5, 5.41) is 17.1. The molecule has 0 unspecified atom stereocenters. The average Bonchev–Trinajstić information content (AvgIpc) is 2.09. The zero-order valence-corrected chi connectivity index (χ0v) is 6.54. The molecule has 0 heterocycles. The minimum Gasteiger partial charge on any atom is -0.423 e. The second kappa shape index (κ2) is 5.68. The molecule has 0 aliphatic heterocycles. The topological polar surface area (TPSA) is 40.5 Å². The lowest BCUT2D eigenvalue weighted by Gasteiger charge is -1.95. The van der Waals surface area contributed by atoms with Gasteiger partial charge in [0, 0.05) is 0 Å². The summed E-state index contributed by atoms with van der Waals surface area (Å²) in [4.78, 5) is 0. The molecule has 0 aliphatic rings. The number of hydrogen-bond donors (Lipinski definition) is 2. The second-order valence-electron chi connectivity index (χ2n) is 1.93. The molecule has 0 saturated heterocycles. The molecule has 0 saturated carbocycles. The predicted octanol–water partition coefficient (Wildman–Crippen LogP) is 0.0912. The molecule has 0 aromatic heterocycles. The molecule has 2 N–H and O–H groups in total. The Morgan fingerprint density at radius 3 is 1.83 bits per heavy atom. The molecular formula is C7H9BF2O2. The Bertz CT molecular complexity index is 213. The largest absolute Gasteiger partial charge is 0.488 e. The maximum Gasteiger partial charge on any atom is 0.488 e. The van der Waals surface area contributed by atoms with Crippen LogP contribution in [0.5, 0.6) is 0 Å². The molecule has 0 bridgehead atoms. The van der Waals surface area contributed by atoms with Crippen molar-refractivity contribution in [3.63, 3.8) is 0 Å². The van der Waals surface area contributed by atoms with Crippen LogP contribution < -0.4 is 5.46 Å². The van der Waals surface area contributed by atoms with E-state index in [1.807, 2.05) is 0 Å². The summed E-state index contributed by atoms with van der Waals surface area (Å²) in [5.74, 6) is -0.385. The molecule has 66 valence electrons. The highest BCUT2D eigenvalue weighted by atomic mass is 19.1. The minimum atomic E-state index is -1.51. The maximum absolute atomic E-state index is 12.2. The van der Waals surface area contributed by atoms with Gasteiger partial charge in [0.2, 0.25) is 0 Å². The lowest BCUT2D eigenvalue weighted by Crippen LogP contribution is -2.29. The molecule has 2 nitrogen and oxygen atoms in total. The van der Waals surface area contributed by atoms with Gasteiger partial charge in [-0.1, -0.05) is 12.1 Å². The van der Waals surface area contributed by atoms with E-state index in [0.717, 1.165) is 0 Å². The first kappa shape index (κ1) is 11.1. The Labute approximate surface area is 69.6 Å². The highest BCUT2D eigenvalue weighted by Gasteiger charge is 2.08. The van der Waals surface area contributed by atoms with Crippen molar-refractivity contribution in [2.75, 3.05) is 7.18 Å². The van der Waals surface area contributed by atoms with E-state index >= 15 is 0 Å². The Morgan fingerprint density at radius 2 is 1.50 bits per heavy atom. The first-order valence-electron chi connectivity index (χ1n) is 3.19. The van der Waals surface area contributed by atoms with Crippen LogP contribution in [0.25, 0.3) is 0 Å². The first-order valence-corrected chi connectivity index (χ1v) is 3.19. The molecule has 5 heteroatoms. The van der Waals surface area contributed by atoms with E-state index in [2.05, 4.69) is 0 Å². The highest BCUT2D eigenvalue weighted by molar-refractivity contribution is 6.58. The van der Waals surface area contributed by atoms with Crippen LogP contribution in [0.15, 0.2) is 24.3 Å². The van der Waals surface area contributed by atoms with Crippen molar-refractivity contribution >= 4 is 12.6 Å². The van der Waals surface area contributed by atoms with E-state index in [9.17, 15) is 8.78 Å². The summed E-state index contributed by atoms with van der Waals surface area (Å²) in [6.07, 6.45) is 0. The van der Waals surface area contributed by atoms with Crippen molar-refractivity contribution in [3.05, 3.63) is 30.1 Å². The van der Waals surface area contributed by atoms with Crippen LogP contribution in [0.2, 0.25) is 0 Å². The quantitative estimate of drug-likeness (QED) is 0.592. The van der Waals surface area contributed by atoms with E-state index in [1.165, 1.54) is 24.3 Å². The van der Waals surface area contributed by atoms with Gasteiger partial charge >= 0.3 is 7.12 Å². The third kappa shape index (κ3) is 3.45. The Kier molecular flexibility index (Phi) is 5.24. The molecule has 1 aromatic rings. The van der Waals surface area contributed by atoms with E-state index in [4.69, 9.17) is 10.0 Å². The third-order valence-electron chi connectivity index (χ3n) is 1.17. The van der Waals surface area contributed by atoms with E-state index in [1.54, 1.807) is 0 Å². The minimum absolute atomic E-state index is 0.293. The molecule has 12 heavy (non-hydrogen) atoms. The highest BCUT2D eigenvalue weighted by Crippen LogP contribution is 1.92. The van der Waals surface area contributed by atoms with E-state index < -0.39 is 7.12 Å². The third-order valence-corrected chi connectivity index (χ3v) is 1.17. The Morgan fingerprint density at radius 1 is 1.08 bits per heavy atom. The second-order valence-corrected chi connectivity index (χ2v) is 1.93. The number of benzene rings is 1.